The predicted molar refractivity (Wildman–Crippen MR) is 51.3 cm³/mol. The molecule has 0 bridgehead atoms. The number of nitrogens with one attached hydrogen (secondary N) is 1. The maximum absolute atomic E-state index is 5.66. The van der Waals surface area contributed by atoms with Crippen molar-refractivity contribution in [3.8, 4) is 0 Å². The summed E-state index contributed by atoms with van der Waals surface area (Å²) in [4.78, 5) is 0. The molecule has 1 N–H and O–H groups in total. The first-order valence-corrected chi connectivity index (χ1v) is 4.95. The Morgan fingerprint density at radius 3 is 2.42 bits per heavy atom. The zero-order valence-electron chi connectivity index (χ0n) is 8.52. The van der Waals surface area contributed by atoms with E-state index >= 15 is 0 Å². The highest BCUT2D eigenvalue weighted by molar-refractivity contribution is 4.80. The van der Waals surface area contributed by atoms with E-state index < -0.39 is 0 Å². The minimum absolute atomic E-state index is 0.372. The second-order valence-corrected chi connectivity index (χ2v) is 4.42. The van der Waals surface area contributed by atoms with Crippen molar-refractivity contribution in [3.63, 3.8) is 0 Å². The molecule has 0 unspecified atom stereocenters. The number of ether oxygens (including phenoxy) is 1. The van der Waals surface area contributed by atoms with Gasteiger partial charge >= 0.3 is 0 Å². The van der Waals surface area contributed by atoms with Gasteiger partial charge in [0.05, 0.1) is 12.7 Å². The van der Waals surface area contributed by atoms with Crippen molar-refractivity contribution in [2.45, 2.75) is 39.7 Å². The molecular weight excluding hydrogens is 150 g/mol. The summed E-state index contributed by atoms with van der Waals surface area (Å²) in [5.41, 5.74) is 0.426. The van der Waals surface area contributed by atoms with Gasteiger partial charge in [0.2, 0.25) is 0 Å². The normalized spacial score (nSPS) is 23.0. The average molecular weight is 171 g/mol. The van der Waals surface area contributed by atoms with Gasteiger partial charge in [0.15, 0.2) is 0 Å². The molecule has 12 heavy (non-hydrogen) atoms. The molecule has 1 fully saturated rings. The topological polar surface area (TPSA) is 21.3 Å². The minimum Gasteiger partial charge on any atom is -0.378 e. The fraction of sp³-hybridized carbons (Fsp3) is 1.00. The highest BCUT2D eigenvalue weighted by atomic mass is 16.5. The first-order valence-electron chi connectivity index (χ1n) is 4.95. The van der Waals surface area contributed by atoms with Crippen molar-refractivity contribution in [2.24, 2.45) is 5.41 Å². The molecule has 0 spiro atoms. The van der Waals surface area contributed by atoms with E-state index in [0.717, 1.165) is 19.7 Å². The van der Waals surface area contributed by atoms with Gasteiger partial charge in [-0.1, -0.05) is 6.92 Å². The number of hydrogen-bond donors (Lipinski definition) is 1. The quantitative estimate of drug-likeness (QED) is 0.699. The van der Waals surface area contributed by atoms with E-state index in [9.17, 15) is 0 Å². The molecule has 1 rings (SSSR count). The predicted octanol–water partition coefficient (Wildman–Crippen LogP) is 1.80. The Hall–Kier alpha value is -0.0800. The molecule has 0 saturated carbocycles. The number of hydrogen-bond acceptors (Lipinski definition) is 2. The highest BCUT2D eigenvalue weighted by Gasteiger charge is 2.26. The van der Waals surface area contributed by atoms with E-state index in [-0.39, 0.29) is 0 Å². The van der Waals surface area contributed by atoms with Gasteiger partial charge in [-0.15, -0.1) is 0 Å². The lowest BCUT2D eigenvalue weighted by Gasteiger charge is -2.34. The van der Waals surface area contributed by atoms with E-state index in [0.29, 0.717) is 11.5 Å². The molecule has 1 saturated heterocycles. The molecule has 0 aromatic rings. The largest absolute Gasteiger partial charge is 0.378 e. The lowest BCUT2D eigenvalue weighted by atomic mass is 9.82. The van der Waals surface area contributed by atoms with E-state index in [1.54, 1.807) is 0 Å². The van der Waals surface area contributed by atoms with Crippen LogP contribution in [0.1, 0.15) is 33.6 Å². The van der Waals surface area contributed by atoms with E-state index in [1.807, 2.05) is 0 Å². The third-order valence-electron chi connectivity index (χ3n) is 2.58. The van der Waals surface area contributed by atoms with Crippen LogP contribution in [0.15, 0.2) is 0 Å². The molecule has 1 aliphatic rings. The van der Waals surface area contributed by atoms with Gasteiger partial charge in [0, 0.05) is 0 Å². The minimum atomic E-state index is 0.372. The van der Waals surface area contributed by atoms with Crippen molar-refractivity contribution >= 4 is 0 Å². The summed E-state index contributed by atoms with van der Waals surface area (Å²) in [6.45, 7) is 9.76. The second kappa shape index (κ2) is 4.24. The van der Waals surface area contributed by atoms with Crippen LogP contribution in [0.4, 0.5) is 0 Å². The zero-order valence-corrected chi connectivity index (χ0v) is 8.52. The number of piperidine rings is 1. The molecule has 2 heteroatoms. The fourth-order valence-corrected chi connectivity index (χ4v) is 1.54. The van der Waals surface area contributed by atoms with Gasteiger partial charge in [0.1, 0.15) is 0 Å². The molecule has 0 aromatic heterocycles. The molecule has 0 amide bonds. The van der Waals surface area contributed by atoms with Crippen LogP contribution in [0.2, 0.25) is 0 Å². The summed E-state index contributed by atoms with van der Waals surface area (Å²) in [6, 6.07) is 0. The molecule has 0 aromatic carbocycles. The molecule has 72 valence electrons. The molecule has 0 atom stereocenters. The standard InChI is InChI=1S/C10H21NO/c1-9(2)12-8-10(3)4-6-11-7-5-10/h9,11H,4-8H2,1-3H3. The molecule has 0 aliphatic carbocycles. The van der Waals surface area contributed by atoms with Crippen molar-refractivity contribution in [1.82, 2.24) is 5.32 Å². The van der Waals surface area contributed by atoms with Crippen molar-refractivity contribution < 1.29 is 4.74 Å². The Morgan fingerprint density at radius 1 is 1.33 bits per heavy atom. The molecule has 1 aliphatic heterocycles. The maximum atomic E-state index is 5.66. The van der Waals surface area contributed by atoms with Crippen LogP contribution in [-0.4, -0.2) is 25.8 Å². The molecule has 2 nitrogen and oxygen atoms in total. The zero-order chi connectivity index (χ0) is 9.03. The Labute approximate surface area is 75.7 Å². The van der Waals surface area contributed by atoms with Gasteiger partial charge in [-0.2, -0.15) is 0 Å². The summed E-state index contributed by atoms with van der Waals surface area (Å²) < 4.78 is 5.66. The van der Waals surface area contributed by atoms with Gasteiger partial charge in [-0.3, -0.25) is 0 Å². The smallest absolute Gasteiger partial charge is 0.0524 e. The van der Waals surface area contributed by atoms with Crippen LogP contribution in [0.25, 0.3) is 0 Å². The van der Waals surface area contributed by atoms with Gasteiger partial charge in [0.25, 0.3) is 0 Å². The van der Waals surface area contributed by atoms with Crippen LogP contribution >= 0.6 is 0 Å². The third kappa shape index (κ3) is 3.11. The SMILES string of the molecule is CC(C)OCC1(C)CCNCC1. The van der Waals surface area contributed by atoms with Crippen molar-refractivity contribution in [3.05, 3.63) is 0 Å². The lowest BCUT2D eigenvalue weighted by molar-refractivity contribution is 0.00126. The van der Waals surface area contributed by atoms with Crippen LogP contribution in [0.3, 0.4) is 0 Å². The fourth-order valence-electron chi connectivity index (χ4n) is 1.54. The third-order valence-corrected chi connectivity index (χ3v) is 2.58. The van der Waals surface area contributed by atoms with Crippen LogP contribution in [0, 0.1) is 5.41 Å². The molecular formula is C10H21NO. The van der Waals surface area contributed by atoms with Crippen LogP contribution < -0.4 is 5.32 Å². The highest BCUT2D eigenvalue weighted by Crippen LogP contribution is 2.28. The first-order chi connectivity index (χ1) is 5.62. The van der Waals surface area contributed by atoms with Gasteiger partial charge in [-0.25, -0.2) is 0 Å². The van der Waals surface area contributed by atoms with E-state index in [4.69, 9.17) is 4.74 Å². The van der Waals surface area contributed by atoms with Gasteiger partial charge in [-0.05, 0) is 45.2 Å². The van der Waals surface area contributed by atoms with Crippen LogP contribution in [-0.2, 0) is 4.74 Å². The first kappa shape index (κ1) is 10.0. The Morgan fingerprint density at radius 2 is 1.92 bits per heavy atom. The number of rotatable bonds is 3. The summed E-state index contributed by atoms with van der Waals surface area (Å²) in [5.74, 6) is 0. The maximum Gasteiger partial charge on any atom is 0.0524 e. The summed E-state index contributed by atoms with van der Waals surface area (Å²) >= 11 is 0. The summed E-state index contributed by atoms with van der Waals surface area (Å²) in [6.07, 6.45) is 2.87. The Kier molecular flexibility index (Phi) is 3.53. The van der Waals surface area contributed by atoms with Crippen molar-refractivity contribution in [2.75, 3.05) is 19.7 Å². The summed E-state index contributed by atoms with van der Waals surface area (Å²) in [5, 5.41) is 3.37. The molecule has 0 radical (unpaired) electrons. The second-order valence-electron chi connectivity index (χ2n) is 4.42. The van der Waals surface area contributed by atoms with E-state index in [2.05, 4.69) is 26.1 Å². The van der Waals surface area contributed by atoms with E-state index in [1.165, 1.54) is 12.8 Å². The molecule has 1 heterocycles. The average Bonchev–Trinajstić information content (AvgIpc) is 2.03. The summed E-state index contributed by atoms with van der Waals surface area (Å²) in [7, 11) is 0. The van der Waals surface area contributed by atoms with Crippen molar-refractivity contribution in [1.29, 1.82) is 0 Å². The van der Waals surface area contributed by atoms with Gasteiger partial charge < -0.3 is 10.1 Å². The Bertz CT molecular complexity index is 128. The lowest BCUT2D eigenvalue weighted by Crippen LogP contribution is -2.38. The monoisotopic (exact) mass is 171 g/mol. The van der Waals surface area contributed by atoms with Crippen LogP contribution in [0.5, 0.6) is 0 Å². The Balaban J connectivity index is 2.26.